The van der Waals surface area contributed by atoms with E-state index in [0.717, 1.165) is 23.1 Å². The molecule has 138 valence electrons. The molecule has 2 rings (SSSR count). The highest BCUT2D eigenvalue weighted by atomic mass is 32.2. The first kappa shape index (κ1) is 19.2. The zero-order valence-electron chi connectivity index (χ0n) is 13.7. The summed E-state index contributed by atoms with van der Waals surface area (Å²) in [5, 5.41) is 2.46. The predicted octanol–water partition coefficient (Wildman–Crippen LogP) is 2.61. The highest BCUT2D eigenvalue weighted by Crippen LogP contribution is 2.33. The topological polar surface area (TPSA) is 75.7 Å². The number of hydrogen-bond donors (Lipinski definition) is 1. The van der Waals surface area contributed by atoms with Crippen LogP contribution in [0.3, 0.4) is 0 Å². The first-order valence-electron chi connectivity index (χ1n) is 7.23. The van der Waals surface area contributed by atoms with Crippen LogP contribution in [-0.2, 0) is 26.5 Å². The van der Waals surface area contributed by atoms with Crippen molar-refractivity contribution in [3.8, 4) is 0 Å². The van der Waals surface area contributed by atoms with Crippen molar-refractivity contribution in [1.82, 2.24) is 5.32 Å². The number of ether oxygens (including phenoxy) is 1. The summed E-state index contributed by atoms with van der Waals surface area (Å²) in [4.78, 5) is 25.0. The second-order valence-corrected chi connectivity index (χ2v) is 7.88. The number of amides is 2. The third-order valence-electron chi connectivity index (χ3n) is 3.14. The van der Waals surface area contributed by atoms with E-state index < -0.39 is 45.5 Å². The van der Waals surface area contributed by atoms with E-state index in [-0.39, 0.29) is 11.6 Å². The van der Waals surface area contributed by atoms with Crippen LogP contribution in [0.5, 0.6) is 0 Å². The van der Waals surface area contributed by atoms with Gasteiger partial charge in [0.1, 0.15) is 5.88 Å². The molecule has 0 bridgehead atoms. The molecule has 2 amide bonds. The van der Waals surface area contributed by atoms with Gasteiger partial charge in [0.2, 0.25) is 0 Å². The van der Waals surface area contributed by atoms with Gasteiger partial charge in [-0.1, -0.05) is 6.07 Å². The van der Waals surface area contributed by atoms with E-state index in [1.807, 2.05) is 0 Å². The Hall–Kier alpha value is -2.10. The Labute approximate surface area is 144 Å². The van der Waals surface area contributed by atoms with Crippen molar-refractivity contribution >= 4 is 28.5 Å². The summed E-state index contributed by atoms with van der Waals surface area (Å²) in [6.07, 6.45) is -5.49. The standard InChI is InChI=1S/C15H17F3N2O4S/c1-14(2,3)19-13(22)24-12-11(21)20(8-25(12)23)10-6-4-5-9(7-10)15(16,17)18/h4-7,12H,8H2,1-3H3,(H,19,22). The van der Waals surface area contributed by atoms with Crippen molar-refractivity contribution in [2.75, 3.05) is 10.8 Å². The molecule has 1 aromatic carbocycles. The SMILES string of the molecule is CC(C)(C)NC(=O)OC1C(=O)N(c2cccc(C(F)(F)F)c2)CS1=O. The highest BCUT2D eigenvalue weighted by Gasteiger charge is 2.43. The molecule has 1 heterocycles. The summed E-state index contributed by atoms with van der Waals surface area (Å²) < 4.78 is 55.4. The Balaban J connectivity index is 2.17. The molecule has 0 radical (unpaired) electrons. The molecule has 0 aliphatic carbocycles. The summed E-state index contributed by atoms with van der Waals surface area (Å²) in [6, 6.07) is 4.09. The molecule has 25 heavy (non-hydrogen) atoms. The Kier molecular flexibility index (Phi) is 5.12. The quantitative estimate of drug-likeness (QED) is 0.858. The Morgan fingerprint density at radius 2 is 1.96 bits per heavy atom. The van der Waals surface area contributed by atoms with Crippen LogP contribution in [0, 0.1) is 0 Å². The molecule has 0 spiro atoms. The maximum absolute atomic E-state index is 12.8. The number of rotatable bonds is 2. The number of halogens is 3. The Morgan fingerprint density at radius 1 is 1.32 bits per heavy atom. The van der Waals surface area contributed by atoms with Gasteiger partial charge in [-0.15, -0.1) is 0 Å². The molecule has 1 aliphatic rings. The molecule has 1 aromatic rings. The number of alkyl carbamates (subject to hydrolysis) is 1. The van der Waals surface area contributed by atoms with E-state index in [9.17, 15) is 27.0 Å². The zero-order chi connectivity index (χ0) is 19.0. The minimum absolute atomic E-state index is 0.0597. The van der Waals surface area contributed by atoms with E-state index >= 15 is 0 Å². The van der Waals surface area contributed by atoms with Crippen LogP contribution in [0.15, 0.2) is 24.3 Å². The Morgan fingerprint density at radius 3 is 2.52 bits per heavy atom. The maximum atomic E-state index is 12.8. The van der Waals surface area contributed by atoms with Crippen LogP contribution in [0.1, 0.15) is 26.3 Å². The van der Waals surface area contributed by atoms with Gasteiger partial charge in [-0.05, 0) is 39.0 Å². The molecule has 1 aliphatic heterocycles. The predicted molar refractivity (Wildman–Crippen MR) is 85.1 cm³/mol. The summed E-state index contributed by atoms with van der Waals surface area (Å²) in [5.41, 5.74) is -3.17. The van der Waals surface area contributed by atoms with Crippen LogP contribution in [0.2, 0.25) is 0 Å². The number of benzene rings is 1. The number of nitrogens with zero attached hydrogens (tertiary/aromatic N) is 1. The van der Waals surface area contributed by atoms with Gasteiger partial charge >= 0.3 is 12.3 Å². The largest absolute Gasteiger partial charge is 0.422 e. The van der Waals surface area contributed by atoms with Gasteiger partial charge in [-0.3, -0.25) is 13.9 Å². The molecule has 1 N–H and O–H groups in total. The molecule has 2 atom stereocenters. The third-order valence-corrected chi connectivity index (χ3v) is 4.43. The average Bonchev–Trinajstić information content (AvgIpc) is 2.73. The lowest BCUT2D eigenvalue weighted by atomic mass is 10.1. The highest BCUT2D eigenvalue weighted by molar-refractivity contribution is 7.87. The van der Waals surface area contributed by atoms with E-state index in [4.69, 9.17) is 4.74 Å². The first-order chi connectivity index (χ1) is 11.4. The van der Waals surface area contributed by atoms with E-state index in [2.05, 4.69) is 5.32 Å². The van der Waals surface area contributed by atoms with Crippen molar-refractivity contribution in [3.63, 3.8) is 0 Å². The molecular formula is C15H17F3N2O4S. The van der Waals surface area contributed by atoms with Crippen LogP contribution >= 0.6 is 0 Å². The molecule has 0 aromatic heterocycles. The number of carbonyl (C=O) groups is 2. The zero-order valence-corrected chi connectivity index (χ0v) is 14.5. The second kappa shape index (κ2) is 6.66. The molecular weight excluding hydrogens is 361 g/mol. The lowest BCUT2D eigenvalue weighted by molar-refractivity contribution is -0.137. The fourth-order valence-electron chi connectivity index (χ4n) is 2.09. The summed E-state index contributed by atoms with van der Waals surface area (Å²) in [5.74, 6) is -1.19. The summed E-state index contributed by atoms with van der Waals surface area (Å²) >= 11 is 0. The van der Waals surface area contributed by atoms with E-state index in [1.54, 1.807) is 20.8 Å². The van der Waals surface area contributed by atoms with Gasteiger partial charge in [0.05, 0.1) is 16.4 Å². The van der Waals surface area contributed by atoms with Crippen molar-refractivity contribution in [1.29, 1.82) is 0 Å². The van der Waals surface area contributed by atoms with Gasteiger partial charge < -0.3 is 10.1 Å². The summed E-state index contributed by atoms with van der Waals surface area (Å²) in [7, 11) is -1.89. The fourth-order valence-corrected chi connectivity index (χ4v) is 3.30. The third kappa shape index (κ3) is 4.71. The molecule has 6 nitrogen and oxygen atoms in total. The number of hydrogen-bond acceptors (Lipinski definition) is 4. The van der Waals surface area contributed by atoms with Gasteiger partial charge in [0, 0.05) is 11.2 Å². The van der Waals surface area contributed by atoms with Crippen LogP contribution in [-0.4, -0.2) is 33.1 Å². The van der Waals surface area contributed by atoms with Crippen LogP contribution < -0.4 is 10.2 Å². The van der Waals surface area contributed by atoms with Gasteiger partial charge in [-0.2, -0.15) is 13.2 Å². The molecule has 2 unspecified atom stereocenters. The Bertz CT molecular complexity index is 715. The minimum Gasteiger partial charge on any atom is -0.422 e. The van der Waals surface area contributed by atoms with Crippen molar-refractivity contribution in [3.05, 3.63) is 29.8 Å². The number of anilines is 1. The minimum atomic E-state index is -4.57. The molecule has 1 fully saturated rings. The van der Waals surface area contributed by atoms with Crippen molar-refractivity contribution in [2.24, 2.45) is 0 Å². The smallest absolute Gasteiger partial charge is 0.416 e. The van der Waals surface area contributed by atoms with Crippen LogP contribution in [0.25, 0.3) is 0 Å². The monoisotopic (exact) mass is 378 g/mol. The summed E-state index contributed by atoms with van der Waals surface area (Å²) in [6.45, 7) is 5.07. The van der Waals surface area contributed by atoms with Gasteiger partial charge in [-0.25, -0.2) is 4.79 Å². The van der Waals surface area contributed by atoms with Crippen molar-refractivity contribution < 1.29 is 31.7 Å². The lowest BCUT2D eigenvalue weighted by Gasteiger charge is -2.21. The number of nitrogens with one attached hydrogen (secondary N) is 1. The first-order valence-corrected chi connectivity index (χ1v) is 8.61. The van der Waals surface area contributed by atoms with Crippen molar-refractivity contribution in [2.45, 2.75) is 37.9 Å². The number of alkyl halides is 3. The average molecular weight is 378 g/mol. The second-order valence-electron chi connectivity index (χ2n) is 6.44. The van der Waals surface area contributed by atoms with E-state index in [0.29, 0.717) is 0 Å². The van der Waals surface area contributed by atoms with Gasteiger partial charge in [0.15, 0.2) is 0 Å². The molecule has 0 saturated carbocycles. The molecule has 10 heteroatoms. The van der Waals surface area contributed by atoms with E-state index in [1.165, 1.54) is 6.07 Å². The van der Waals surface area contributed by atoms with Crippen LogP contribution in [0.4, 0.5) is 23.7 Å². The lowest BCUT2D eigenvalue weighted by Crippen LogP contribution is -2.44. The number of carbonyl (C=O) groups excluding carboxylic acids is 2. The fraction of sp³-hybridized carbons (Fsp3) is 0.467. The van der Waals surface area contributed by atoms with Gasteiger partial charge in [0.25, 0.3) is 11.3 Å². The maximum Gasteiger partial charge on any atom is 0.416 e. The molecule has 1 saturated heterocycles. The normalized spacial score (nSPS) is 21.4.